The molecule has 0 spiro atoms. The maximum atomic E-state index is 11.4. The van der Waals surface area contributed by atoms with Crippen molar-refractivity contribution in [3.63, 3.8) is 0 Å². The molecule has 0 saturated carbocycles. The summed E-state index contributed by atoms with van der Waals surface area (Å²) < 4.78 is 11.2. The highest BCUT2D eigenvalue weighted by Crippen LogP contribution is 2.39. The molecule has 0 aliphatic carbocycles. The van der Waals surface area contributed by atoms with E-state index in [1.807, 2.05) is 6.92 Å². The third-order valence-corrected chi connectivity index (χ3v) is 6.36. The van der Waals surface area contributed by atoms with Crippen molar-refractivity contribution in [2.45, 2.75) is 19.3 Å². The molecule has 1 unspecified atom stereocenters. The third kappa shape index (κ3) is 6.71. The van der Waals surface area contributed by atoms with Gasteiger partial charge in [0.1, 0.15) is 0 Å². The van der Waals surface area contributed by atoms with E-state index in [0.717, 1.165) is 47.5 Å². The SMILES string of the molecule is CC(Cc1ccc(Oc2ccc([N+](=O)[O-])cc2[N+](=O)[O-])c(N)c1)c1ccc(Oc2ccc([N+](=O)[O-])cc2[N+](=O)[O-])c(N)c1. The Morgan fingerprint density at radius 3 is 1.47 bits per heavy atom. The van der Waals surface area contributed by atoms with E-state index in [2.05, 4.69) is 0 Å². The van der Waals surface area contributed by atoms with E-state index in [9.17, 15) is 40.5 Å². The van der Waals surface area contributed by atoms with Gasteiger partial charge in [-0.15, -0.1) is 0 Å². The summed E-state index contributed by atoms with van der Waals surface area (Å²) in [4.78, 5) is 41.7. The third-order valence-electron chi connectivity index (χ3n) is 6.36. The molecule has 220 valence electrons. The molecule has 0 aromatic heterocycles. The molecule has 0 heterocycles. The van der Waals surface area contributed by atoms with Gasteiger partial charge in [-0.1, -0.05) is 19.1 Å². The topological polar surface area (TPSA) is 243 Å². The molecule has 1 atom stereocenters. The molecule has 4 aromatic rings. The van der Waals surface area contributed by atoms with Crippen molar-refractivity contribution in [1.82, 2.24) is 0 Å². The lowest BCUT2D eigenvalue weighted by Crippen LogP contribution is -2.03. The van der Waals surface area contributed by atoms with Crippen LogP contribution in [0.2, 0.25) is 0 Å². The highest BCUT2D eigenvalue weighted by Gasteiger charge is 2.23. The number of nitrogen functional groups attached to an aromatic ring is 2. The first-order valence-electron chi connectivity index (χ1n) is 12.3. The van der Waals surface area contributed by atoms with Gasteiger partial charge in [-0.05, 0) is 59.9 Å². The van der Waals surface area contributed by atoms with Gasteiger partial charge in [0.2, 0.25) is 11.5 Å². The highest BCUT2D eigenvalue weighted by molar-refractivity contribution is 5.62. The Kier molecular flexibility index (Phi) is 8.31. The van der Waals surface area contributed by atoms with Crippen molar-refractivity contribution in [1.29, 1.82) is 0 Å². The molecule has 4 rings (SSSR count). The van der Waals surface area contributed by atoms with Crippen molar-refractivity contribution in [3.8, 4) is 23.0 Å². The number of nitro benzene ring substituents is 4. The lowest BCUT2D eigenvalue weighted by molar-refractivity contribution is -0.394. The lowest BCUT2D eigenvalue weighted by atomic mass is 9.93. The van der Waals surface area contributed by atoms with Gasteiger partial charge >= 0.3 is 11.4 Å². The number of nitrogens with two attached hydrogens (primary N) is 2. The minimum absolute atomic E-state index is 0.0908. The van der Waals surface area contributed by atoms with E-state index in [1.165, 1.54) is 12.1 Å². The Morgan fingerprint density at radius 1 is 0.605 bits per heavy atom. The number of hydrogen-bond acceptors (Lipinski definition) is 12. The second-order valence-electron chi connectivity index (χ2n) is 9.31. The van der Waals surface area contributed by atoms with Crippen LogP contribution in [0.15, 0.2) is 72.8 Å². The number of ether oxygens (including phenoxy) is 2. The first-order chi connectivity index (χ1) is 20.3. The zero-order chi connectivity index (χ0) is 31.4. The van der Waals surface area contributed by atoms with Crippen molar-refractivity contribution >= 4 is 34.1 Å². The Bertz CT molecular complexity index is 1780. The molecule has 0 aliphatic rings. The molecule has 0 bridgehead atoms. The number of benzene rings is 4. The maximum Gasteiger partial charge on any atom is 0.318 e. The molecule has 0 saturated heterocycles. The Morgan fingerprint density at radius 2 is 1.05 bits per heavy atom. The molecule has 16 heteroatoms. The van der Waals surface area contributed by atoms with Crippen LogP contribution in [-0.2, 0) is 6.42 Å². The van der Waals surface area contributed by atoms with Crippen molar-refractivity contribution in [2.75, 3.05) is 11.5 Å². The zero-order valence-electron chi connectivity index (χ0n) is 22.2. The number of non-ortho nitro benzene ring substituents is 2. The molecule has 16 nitrogen and oxygen atoms in total. The first kappa shape index (κ1) is 29.7. The maximum absolute atomic E-state index is 11.4. The average Bonchev–Trinajstić information content (AvgIpc) is 2.95. The summed E-state index contributed by atoms with van der Waals surface area (Å²) in [6.07, 6.45) is 0.496. The number of anilines is 2. The number of nitrogens with zero attached hydrogens (tertiary/aromatic N) is 4. The van der Waals surface area contributed by atoms with E-state index >= 15 is 0 Å². The number of hydrogen-bond donors (Lipinski definition) is 2. The molecular formula is C27H22N6O10. The molecule has 0 fully saturated rings. The Balaban J connectivity index is 1.48. The van der Waals surface area contributed by atoms with Crippen LogP contribution < -0.4 is 20.9 Å². The largest absolute Gasteiger partial charge is 0.448 e. The van der Waals surface area contributed by atoms with Crippen LogP contribution in [0, 0.1) is 40.5 Å². The fourth-order valence-electron chi connectivity index (χ4n) is 4.19. The predicted molar refractivity (Wildman–Crippen MR) is 153 cm³/mol. The van der Waals surface area contributed by atoms with Crippen LogP contribution in [0.4, 0.5) is 34.1 Å². The molecule has 0 aliphatic heterocycles. The van der Waals surface area contributed by atoms with Crippen LogP contribution in [0.3, 0.4) is 0 Å². The van der Waals surface area contributed by atoms with Gasteiger partial charge in [-0.3, -0.25) is 40.5 Å². The van der Waals surface area contributed by atoms with Gasteiger partial charge in [0.05, 0.1) is 43.2 Å². The number of rotatable bonds is 11. The van der Waals surface area contributed by atoms with E-state index in [-0.39, 0.29) is 40.3 Å². The second kappa shape index (κ2) is 12.0. The van der Waals surface area contributed by atoms with E-state index in [0.29, 0.717) is 6.42 Å². The summed E-state index contributed by atoms with van der Waals surface area (Å²) in [5.74, 6) is -0.259. The van der Waals surface area contributed by atoms with E-state index < -0.39 is 42.4 Å². The fourth-order valence-corrected chi connectivity index (χ4v) is 4.19. The monoisotopic (exact) mass is 590 g/mol. The van der Waals surface area contributed by atoms with Gasteiger partial charge in [-0.25, -0.2) is 0 Å². The summed E-state index contributed by atoms with van der Waals surface area (Å²) in [6.45, 7) is 1.93. The molecule has 4 N–H and O–H groups in total. The van der Waals surface area contributed by atoms with Crippen LogP contribution in [-0.4, -0.2) is 19.7 Å². The quantitative estimate of drug-likeness (QED) is 0.109. The highest BCUT2D eigenvalue weighted by atomic mass is 16.6. The van der Waals surface area contributed by atoms with Crippen LogP contribution in [0.1, 0.15) is 24.0 Å². The van der Waals surface area contributed by atoms with Crippen LogP contribution in [0.25, 0.3) is 0 Å². The second-order valence-corrected chi connectivity index (χ2v) is 9.31. The van der Waals surface area contributed by atoms with Gasteiger partial charge in [0.15, 0.2) is 11.5 Å². The smallest absolute Gasteiger partial charge is 0.318 e. The molecule has 0 radical (unpaired) electrons. The van der Waals surface area contributed by atoms with Crippen LogP contribution >= 0.6 is 0 Å². The first-order valence-corrected chi connectivity index (χ1v) is 12.3. The molecule has 4 aromatic carbocycles. The minimum Gasteiger partial charge on any atom is -0.448 e. The van der Waals surface area contributed by atoms with Crippen molar-refractivity contribution < 1.29 is 29.2 Å². The predicted octanol–water partition coefficient (Wildman–Crippen LogP) is 6.41. The number of nitro groups is 4. The average molecular weight is 591 g/mol. The molecular weight excluding hydrogens is 568 g/mol. The zero-order valence-corrected chi connectivity index (χ0v) is 22.2. The molecule has 43 heavy (non-hydrogen) atoms. The van der Waals surface area contributed by atoms with E-state index in [1.54, 1.807) is 24.3 Å². The van der Waals surface area contributed by atoms with Crippen LogP contribution in [0.5, 0.6) is 23.0 Å². The fraction of sp³-hybridized carbons (Fsp3) is 0.111. The summed E-state index contributed by atoms with van der Waals surface area (Å²) in [7, 11) is 0. The van der Waals surface area contributed by atoms with Gasteiger partial charge in [0.25, 0.3) is 11.4 Å². The van der Waals surface area contributed by atoms with E-state index in [4.69, 9.17) is 20.9 Å². The van der Waals surface area contributed by atoms with Gasteiger partial charge in [0, 0.05) is 12.1 Å². The minimum atomic E-state index is -0.788. The summed E-state index contributed by atoms with van der Waals surface area (Å²) in [6, 6.07) is 15.8. The van der Waals surface area contributed by atoms with Gasteiger partial charge < -0.3 is 20.9 Å². The van der Waals surface area contributed by atoms with Gasteiger partial charge in [-0.2, -0.15) is 0 Å². The lowest BCUT2D eigenvalue weighted by Gasteiger charge is -2.16. The normalized spacial score (nSPS) is 11.4. The Labute approximate surface area is 241 Å². The molecule has 0 amide bonds. The summed E-state index contributed by atoms with van der Waals surface area (Å²) >= 11 is 0. The van der Waals surface area contributed by atoms with Crippen molar-refractivity contribution in [3.05, 3.63) is 124 Å². The Hall–Kier alpha value is -6.32. The standard InChI is InChI=1S/C27H22N6O10/c1-15(17-3-7-25(21(29)12-17)43-27-9-5-19(31(36)37)14-23(27)33(40)41)10-16-2-6-24(20(28)11-16)42-26-8-4-18(30(34)35)13-22(26)32(38)39/h2-9,11-15H,10,28-29H2,1H3. The summed E-state index contributed by atoms with van der Waals surface area (Å²) in [5.41, 5.74) is 12.2. The van der Waals surface area contributed by atoms with Crippen molar-refractivity contribution in [2.24, 2.45) is 0 Å². The summed E-state index contributed by atoms with van der Waals surface area (Å²) in [5, 5.41) is 44.7.